The van der Waals surface area contributed by atoms with Gasteiger partial charge in [-0.3, -0.25) is 9.69 Å². The zero-order chi connectivity index (χ0) is 15.1. The quantitative estimate of drug-likeness (QED) is 0.870. The van der Waals surface area contributed by atoms with E-state index in [1.54, 1.807) is 18.2 Å². The summed E-state index contributed by atoms with van der Waals surface area (Å²) in [6.07, 6.45) is 0. The molecule has 0 saturated carbocycles. The van der Waals surface area contributed by atoms with E-state index >= 15 is 0 Å². The highest BCUT2D eigenvalue weighted by Crippen LogP contribution is 2.25. The lowest BCUT2D eigenvalue weighted by Crippen LogP contribution is -2.41. The Hall–Kier alpha value is -1.30. The van der Waals surface area contributed by atoms with Crippen molar-refractivity contribution in [3.8, 4) is 5.75 Å². The van der Waals surface area contributed by atoms with Crippen LogP contribution in [0, 0.1) is 0 Å². The topological polar surface area (TPSA) is 50.8 Å². The average Bonchev–Trinajstić information content (AvgIpc) is 2.50. The molecule has 1 aromatic rings. The average molecular weight is 313 g/mol. The van der Waals surface area contributed by atoms with Crippen LogP contribution in [0.1, 0.15) is 17.3 Å². The minimum atomic E-state index is -0.117. The van der Waals surface area contributed by atoms with Crippen LogP contribution in [0.15, 0.2) is 18.2 Å². The van der Waals surface area contributed by atoms with Crippen molar-refractivity contribution in [2.24, 2.45) is 0 Å². The third-order valence-electron chi connectivity index (χ3n) is 3.31. The van der Waals surface area contributed by atoms with E-state index in [1.807, 2.05) is 6.92 Å². The van der Waals surface area contributed by atoms with Crippen LogP contribution in [-0.4, -0.2) is 56.8 Å². The van der Waals surface area contributed by atoms with Gasteiger partial charge in [0.15, 0.2) is 0 Å². The van der Waals surface area contributed by atoms with Crippen LogP contribution in [-0.2, 0) is 4.74 Å². The molecule has 6 heteroatoms. The Balaban J connectivity index is 1.81. The van der Waals surface area contributed by atoms with E-state index in [1.165, 1.54) is 0 Å². The van der Waals surface area contributed by atoms with Crippen LogP contribution in [0.2, 0.25) is 5.02 Å². The van der Waals surface area contributed by atoms with Crippen LogP contribution in [0.25, 0.3) is 0 Å². The normalized spacial score (nSPS) is 15.7. The molecule has 1 N–H and O–H groups in total. The van der Waals surface area contributed by atoms with Gasteiger partial charge < -0.3 is 14.8 Å². The van der Waals surface area contributed by atoms with Crippen LogP contribution in [0.3, 0.4) is 0 Å². The number of carbonyl (C=O) groups excluding carboxylic acids is 1. The van der Waals surface area contributed by atoms with Crippen molar-refractivity contribution in [1.82, 2.24) is 10.2 Å². The van der Waals surface area contributed by atoms with Crippen molar-refractivity contribution in [1.29, 1.82) is 0 Å². The van der Waals surface area contributed by atoms with Gasteiger partial charge in [0.2, 0.25) is 0 Å². The van der Waals surface area contributed by atoms with Crippen molar-refractivity contribution in [3.63, 3.8) is 0 Å². The lowest BCUT2D eigenvalue weighted by atomic mass is 10.2. The van der Waals surface area contributed by atoms with E-state index < -0.39 is 0 Å². The fraction of sp³-hybridized carbons (Fsp3) is 0.533. The third kappa shape index (κ3) is 4.88. The molecular formula is C15H21ClN2O3. The molecule has 1 saturated heterocycles. The van der Waals surface area contributed by atoms with E-state index in [9.17, 15) is 4.79 Å². The second kappa shape index (κ2) is 8.22. The maximum Gasteiger partial charge on any atom is 0.251 e. The molecular weight excluding hydrogens is 292 g/mol. The minimum absolute atomic E-state index is 0.117. The Kier molecular flexibility index (Phi) is 6.29. The second-order valence-corrected chi connectivity index (χ2v) is 5.20. The highest BCUT2D eigenvalue weighted by molar-refractivity contribution is 6.32. The predicted molar refractivity (Wildman–Crippen MR) is 82.2 cm³/mol. The monoisotopic (exact) mass is 312 g/mol. The van der Waals surface area contributed by atoms with Gasteiger partial charge in [0.25, 0.3) is 5.91 Å². The fourth-order valence-electron chi connectivity index (χ4n) is 2.17. The molecule has 0 bridgehead atoms. The molecule has 116 valence electrons. The molecule has 1 heterocycles. The first-order valence-corrected chi connectivity index (χ1v) is 7.59. The molecule has 0 unspecified atom stereocenters. The number of morpholine rings is 1. The Morgan fingerprint density at radius 3 is 2.86 bits per heavy atom. The van der Waals surface area contributed by atoms with E-state index in [0.717, 1.165) is 32.8 Å². The molecule has 0 aromatic heterocycles. The second-order valence-electron chi connectivity index (χ2n) is 4.79. The van der Waals surface area contributed by atoms with Crippen LogP contribution in [0.4, 0.5) is 0 Å². The van der Waals surface area contributed by atoms with E-state index in [2.05, 4.69) is 10.2 Å². The third-order valence-corrected chi connectivity index (χ3v) is 3.61. The number of amides is 1. The molecule has 1 aliphatic heterocycles. The Morgan fingerprint density at radius 2 is 2.19 bits per heavy atom. The van der Waals surface area contributed by atoms with Crippen molar-refractivity contribution in [2.45, 2.75) is 6.92 Å². The summed E-state index contributed by atoms with van der Waals surface area (Å²) >= 11 is 6.08. The van der Waals surface area contributed by atoms with Crippen LogP contribution in [0.5, 0.6) is 5.75 Å². The van der Waals surface area contributed by atoms with E-state index in [4.69, 9.17) is 21.1 Å². The van der Waals surface area contributed by atoms with Gasteiger partial charge in [0, 0.05) is 31.7 Å². The number of rotatable bonds is 6. The number of nitrogens with zero attached hydrogens (tertiary/aromatic N) is 1. The molecule has 2 rings (SSSR count). The molecule has 1 aromatic carbocycles. The first kappa shape index (κ1) is 16.1. The van der Waals surface area contributed by atoms with Gasteiger partial charge in [-0.05, 0) is 25.1 Å². The number of carbonyl (C=O) groups is 1. The lowest BCUT2D eigenvalue weighted by molar-refractivity contribution is 0.0383. The number of ether oxygens (including phenoxy) is 2. The van der Waals surface area contributed by atoms with Crippen molar-refractivity contribution < 1.29 is 14.3 Å². The smallest absolute Gasteiger partial charge is 0.251 e. The summed E-state index contributed by atoms with van der Waals surface area (Å²) in [5.41, 5.74) is 0.547. The molecule has 1 fully saturated rings. The van der Waals surface area contributed by atoms with Gasteiger partial charge in [-0.2, -0.15) is 0 Å². The number of hydrogen-bond acceptors (Lipinski definition) is 4. The van der Waals surface area contributed by atoms with Crippen molar-refractivity contribution >= 4 is 17.5 Å². The SMILES string of the molecule is CCOc1ccc(C(=O)NCCN2CCOCC2)cc1Cl. The van der Waals surface area contributed by atoms with Crippen LogP contribution >= 0.6 is 11.6 Å². The number of hydrogen-bond donors (Lipinski definition) is 1. The summed E-state index contributed by atoms with van der Waals surface area (Å²) < 4.78 is 10.6. The summed E-state index contributed by atoms with van der Waals surface area (Å²) in [6, 6.07) is 5.08. The summed E-state index contributed by atoms with van der Waals surface area (Å²) in [6.45, 7) is 7.26. The minimum Gasteiger partial charge on any atom is -0.492 e. The van der Waals surface area contributed by atoms with Gasteiger partial charge in [-0.1, -0.05) is 11.6 Å². The van der Waals surface area contributed by atoms with Gasteiger partial charge >= 0.3 is 0 Å². The first-order chi connectivity index (χ1) is 10.2. The predicted octanol–water partition coefficient (Wildman–Crippen LogP) is 1.80. The van der Waals surface area contributed by atoms with Crippen molar-refractivity contribution in [3.05, 3.63) is 28.8 Å². The number of halogens is 1. The molecule has 0 radical (unpaired) electrons. The van der Waals surface area contributed by atoms with E-state index in [-0.39, 0.29) is 5.91 Å². The molecule has 1 amide bonds. The summed E-state index contributed by atoms with van der Waals surface area (Å²) in [5, 5.41) is 3.36. The highest BCUT2D eigenvalue weighted by atomic mass is 35.5. The zero-order valence-electron chi connectivity index (χ0n) is 12.2. The zero-order valence-corrected chi connectivity index (χ0v) is 13.0. The van der Waals surface area contributed by atoms with Crippen LogP contribution < -0.4 is 10.1 Å². The molecule has 5 nitrogen and oxygen atoms in total. The van der Waals surface area contributed by atoms with Gasteiger partial charge in [-0.25, -0.2) is 0 Å². The molecule has 1 aliphatic rings. The largest absolute Gasteiger partial charge is 0.492 e. The van der Waals surface area contributed by atoms with Crippen molar-refractivity contribution in [2.75, 3.05) is 46.0 Å². The summed E-state index contributed by atoms with van der Waals surface area (Å²) in [5.74, 6) is 0.484. The molecule has 21 heavy (non-hydrogen) atoms. The standard InChI is InChI=1S/C15H21ClN2O3/c1-2-21-14-4-3-12(11-13(14)16)15(19)17-5-6-18-7-9-20-10-8-18/h3-4,11H,2,5-10H2,1H3,(H,17,19). The van der Waals surface area contributed by atoms with Gasteiger partial charge in [0.05, 0.1) is 24.8 Å². The maximum absolute atomic E-state index is 12.1. The summed E-state index contributed by atoms with van der Waals surface area (Å²) in [4.78, 5) is 14.3. The number of nitrogens with one attached hydrogen (secondary N) is 1. The molecule has 0 atom stereocenters. The van der Waals surface area contributed by atoms with E-state index in [0.29, 0.717) is 29.5 Å². The molecule has 0 spiro atoms. The van der Waals surface area contributed by atoms with Gasteiger partial charge in [0.1, 0.15) is 5.75 Å². The highest BCUT2D eigenvalue weighted by Gasteiger charge is 2.12. The Morgan fingerprint density at radius 1 is 1.43 bits per heavy atom. The Bertz CT molecular complexity index is 476. The maximum atomic E-state index is 12.1. The summed E-state index contributed by atoms with van der Waals surface area (Å²) in [7, 11) is 0. The lowest BCUT2D eigenvalue weighted by Gasteiger charge is -2.26. The van der Waals surface area contributed by atoms with Gasteiger partial charge in [-0.15, -0.1) is 0 Å². The fourth-order valence-corrected chi connectivity index (χ4v) is 2.40. The number of benzene rings is 1. The first-order valence-electron chi connectivity index (χ1n) is 7.21. The molecule has 0 aliphatic carbocycles. The Labute approximate surface area is 130 Å².